The first-order chi connectivity index (χ1) is 31.7. The number of hydrogen-bond acceptors (Lipinski definition) is 4. The lowest BCUT2D eigenvalue weighted by molar-refractivity contribution is 0.954. The van der Waals surface area contributed by atoms with Crippen molar-refractivity contribution in [1.82, 2.24) is 28.5 Å². The number of para-hydroxylation sites is 3. The Labute approximate surface area is 367 Å². The molecule has 0 amide bonds. The number of nitrogens with zero attached hydrogens (tertiary/aromatic N) is 6. The molecule has 0 aliphatic heterocycles. The van der Waals surface area contributed by atoms with Crippen LogP contribution in [-0.2, 0) is 0 Å². The van der Waals surface area contributed by atoms with Gasteiger partial charge in [-0.3, -0.25) is 4.57 Å². The zero-order valence-electron chi connectivity index (χ0n) is 33.9. The summed E-state index contributed by atoms with van der Waals surface area (Å²) in [6, 6.07) is 65.7. The summed E-state index contributed by atoms with van der Waals surface area (Å²) in [7, 11) is 0. The molecule has 0 saturated heterocycles. The summed E-state index contributed by atoms with van der Waals surface area (Å²) in [6.45, 7) is 0. The van der Waals surface area contributed by atoms with Gasteiger partial charge in [-0.25, -0.2) is 4.98 Å². The summed E-state index contributed by atoms with van der Waals surface area (Å²) in [4.78, 5) is 16.3. The van der Waals surface area contributed by atoms with Gasteiger partial charge in [-0.05, 0) is 77.9 Å². The molecular formula is C57H30N6S. The summed E-state index contributed by atoms with van der Waals surface area (Å²) in [5, 5.41) is 12.7. The molecule has 9 aromatic carbocycles. The molecule has 0 spiro atoms. The number of aromatic nitrogens is 6. The van der Waals surface area contributed by atoms with Crippen LogP contribution in [0, 0.1) is 0 Å². The van der Waals surface area contributed by atoms with Crippen LogP contribution in [0.25, 0.3) is 147 Å². The van der Waals surface area contributed by atoms with Crippen LogP contribution >= 0.6 is 11.3 Å². The zero-order valence-corrected chi connectivity index (χ0v) is 34.7. The van der Waals surface area contributed by atoms with E-state index in [4.69, 9.17) is 15.0 Å². The predicted molar refractivity (Wildman–Crippen MR) is 266 cm³/mol. The normalized spacial score (nSPS) is 12.7. The van der Waals surface area contributed by atoms with Crippen LogP contribution in [0.5, 0.6) is 0 Å². The van der Waals surface area contributed by atoms with Crippen molar-refractivity contribution in [2.75, 3.05) is 0 Å². The van der Waals surface area contributed by atoms with E-state index in [1.54, 1.807) is 0 Å². The third kappa shape index (κ3) is 4.08. The van der Waals surface area contributed by atoms with Crippen LogP contribution in [0.4, 0.5) is 0 Å². The molecule has 7 heteroatoms. The summed E-state index contributed by atoms with van der Waals surface area (Å²) in [5.74, 6) is 1.84. The van der Waals surface area contributed by atoms with Gasteiger partial charge in [0.15, 0.2) is 11.6 Å². The first-order valence-electron chi connectivity index (χ1n) is 21.7. The monoisotopic (exact) mass is 830 g/mol. The van der Waals surface area contributed by atoms with Gasteiger partial charge in [0.05, 0.1) is 38.6 Å². The molecule has 7 heterocycles. The van der Waals surface area contributed by atoms with Gasteiger partial charge in [0.2, 0.25) is 5.95 Å². The second-order valence-corrected chi connectivity index (χ2v) is 18.2. The Hall–Kier alpha value is -8.39. The smallest absolute Gasteiger partial charge is 0.238 e. The maximum absolute atomic E-state index is 5.51. The van der Waals surface area contributed by atoms with E-state index in [0.29, 0.717) is 17.6 Å². The summed E-state index contributed by atoms with van der Waals surface area (Å²) in [5.41, 5.74) is 13.6. The van der Waals surface area contributed by atoms with Gasteiger partial charge in [0.25, 0.3) is 0 Å². The van der Waals surface area contributed by atoms with Crippen molar-refractivity contribution in [3.63, 3.8) is 0 Å². The number of hydrogen-bond donors (Lipinski definition) is 0. The molecule has 294 valence electrons. The van der Waals surface area contributed by atoms with Crippen LogP contribution in [-0.4, -0.2) is 28.5 Å². The largest absolute Gasteiger partial charge is 0.309 e. The van der Waals surface area contributed by atoms with Gasteiger partial charge in [-0.1, -0.05) is 115 Å². The van der Waals surface area contributed by atoms with E-state index in [2.05, 4.69) is 196 Å². The molecule has 0 atom stereocenters. The highest BCUT2D eigenvalue weighted by Gasteiger charge is 2.30. The van der Waals surface area contributed by atoms with Gasteiger partial charge < -0.3 is 8.97 Å². The fourth-order valence-corrected chi connectivity index (χ4v) is 12.4. The van der Waals surface area contributed by atoms with Gasteiger partial charge >= 0.3 is 0 Å². The minimum atomic E-state index is 0.592. The van der Waals surface area contributed by atoms with Gasteiger partial charge in [0, 0.05) is 80.1 Å². The first kappa shape index (κ1) is 33.3. The average molecular weight is 831 g/mol. The van der Waals surface area contributed by atoms with Gasteiger partial charge in [-0.15, -0.1) is 11.3 Å². The van der Waals surface area contributed by atoms with Crippen molar-refractivity contribution < 1.29 is 0 Å². The van der Waals surface area contributed by atoms with Crippen molar-refractivity contribution >= 4 is 113 Å². The number of fused-ring (bicyclic) bond motifs is 5. The average Bonchev–Trinajstić information content (AvgIpc) is 4.14. The first-order valence-corrected chi connectivity index (χ1v) is 22.5. The summed E-state index contributed by atoms with van der Waals surface area (Å²) in [6.07, 6.45) is 0. The van der Waals surface area contributed by atoms with Crippen LogP contribution in [0.2, 0.25) is 0 Å². The molecule has 7 aromatic heterocycles. The molecule has 0 aliphatic carbocycles. The fraction of sp³-hybridized carbons (Fsp3) is 0. The molecule has 0 fully saturated rings. The lowest BCUT2D eigenvalue weighted by Crippen LogP contribution is -2.06. The summed E-state index contributed by atoms with van der Waals surface area (Å²) >= 11 is 1.89. The highest BCUT2D eigenvalue weighted by atomic mass is 32.1. The number of rotatable bonds is 5. The molecule has 0 aliphatic rings. The van der Waals surface area contributed by atoms with E-state index in [9.17, 15) is 0 Å². The lowest BCUT2D eigenvalue weighted by atomic mass is 10.0. The van der Waals surface area contributed by atoms with E-state index in [1.807, 2.05) is 11.3 Å². The molecule has 64 heavy (non-hydrogen) atoms. The minimum absolute atomic E-state index is 0.592. The molecule has 0 radical (unpaired) electrons. The van der Waals surface area contributed by atoms with E-state index in [1.165, 1.54) is 74.4 Å². The van der Waals surface area contributed by atoms with Crippen LogP contribution < -0.4 is 0 Å². The van der Waals surface area contributed by atoms with E-state index in [-0.39, 0.29) is 0 Å². The quantitative estimate of drug-likeness (QED) is 0.174. The van der Waals surface area contributed by atoms with Crippen molar-refractivity contribution in [2.24, 2.45) is 0 Å². The molecular weight excluding hydrogens is 801 g/mol. The Morgan fingerprint density at radius 1 is 0.328 bits per heavy atom. The predicted octanol–water partition coefficient (Wildman–Crippen LogP) is 14.9. The highest BCUT2D eigenvalue weighted by Crippen LogP contribution is 2.53. The van der Waals surface area contributed by atoms with Gasteiger partial charge in [0.1, 0.15) is 0 Å². The number of thiophene rings is 1. The third-order valence-corrected chi connectivity index (χ3v) is 15.0. The molecule has 0 N–H and O–H groups in total. The maximum Gasteiger partial charge on any atom is 0.238 e. The van der Waals surface area contributed by atoms with Crippen molar-refractivity contribution in [2.45, 2.75) is 0 Å². The SMILES string of the molecule is c1ccc(-c2cccc(-c3nc(-c4ccc5c(c4)c4ccccc4n5-c4ccccc4)nc(-n4c5ccc6sc7ccc8c9cccc%10c%11ccc4c4c5c6c7c8n(c9%10)c%114)n3)c2)cc1. The molecule has 6 nitrogen and oxygen atoms in total. The molecule has 0 saturated carbocycles. The van der Waals surface area contributed by atoms with Crippen LogP contribution in [0.3, 0.4) is 0 Å². The Morgan fingerprint density at radius 2 is 0.906 bits per heavy atom. The van der Waals surface area contributed by atoms with Crippen molar-refractivity contribution in [1.29, 1.82) is 0 Å². The highest BCUT2D eigenvalue weighted by molar-refractivity contribution is 7.26. The lowest BCUT2D eigenvalue weighted by Gasteiger charge is -2.12. The second kappa shape index (κ2) is 11.7. The van der Waals surface area contributed by atoms with Crippen molar-refractivity contribution in [3.8, 4) is 45.5 Å². The van der Waals surface area contributed by atoms with E-state index < -0.39 is 0 Å². The molecule has 0 unspecified atom stereocenters. The Bertz CT molecular complexity index is 4530. The Morgan fingerprint density at radius 3 is 1.75 bits per heavy atom. The molecule has 16 rings (SSSR count). The fourth-order valence-electron chi connectivity index (χ4n) is 11.3. The summed E-state index contributed by atoms with van der Waals surface area (Å²) < 4.78 is 9.83. The zero-order chi connectivity index (χ0) is 41.4. The molecule has 16 aromatic rings. The number of benzene rings is 9. The van der Waals surface area contributed by atoms with Crippen LogP contribution in [0.15, 0.2) is 182 Å². The Balaban J connectivity index is 1.02. The topological polar surface area (TPSA) is 52.9 Å². The standard InChI is InChI=1S/C57H30N6S/c1-3-11-31(12-4-1)32-13-9-14-33(29-32)55-58-56(34-21-24-43-41(30-34)36-17-7-8-20-42(36)61(43)35-15-5-2-6-16-35)60-57(59-55)62-44-26-28-46-50-48(44)49-45(62)25-22-39-37-18-10-19-38-40-23-27-47(64-46)51(50)54(40)63(52(37)38)53(39)49/h1-30H. The second-order valence-electron chi connectivity index (χ2n) is 17.1. The van der Waals surface area contributed by atoms with E-state index >= 15 is 0 Å². The third-order valence-electron chi connectivity index (χ3n) is 13.9. The maximum atomic E-state index is 5.51. The van der Waals surface area contributed by atoms with Crippen LogP contribution in [0.1, 0.15) is 0 Å². The molecule has 0 bridgehead atoms. The minimum Gasteiger partial charge on any atom is -0.309 e. The van der Waals surface area contributed by atoms with Crippen molar-refractivity contribution in [3.05, 3.63) is 182 Å². The van der Waals surface area contributed by atoms with Gasteiger partial charge in [-0.2, -0.15) is 9.97 Å². The Kier molecular flexibility index (Phi) is 6.10. The van der Waals surface area contributed by atoms with E-state index in [0.717, 1.165) is 55.4 Å².